The van der Waals surface area contributed by atoms with Crippen LogP contribution in [0.5, 0.6) is 0 Å². The maximum atomic E-state index is 13.1. The Labute approximate surface area is 102 Å². The Bertz CT molecular complexity index is 459. The smallest absolute Gasteiger partial charge is 0.367 e. The zero-order chi connectivity index (χ0) is 13.6. The van der Waals surface area contributed by atoms with Crippen molar-refractivity contribution in [3.05, 3.63) is 35.1 Å². The predicted octanol–water partition coefficient (Wildman–Crippen LogP) is 2.21. The highest BCUT2D eigenvalue weighted by Crippen LogP contribution is 2.16. The van der Waals surface area contributed by atoms with E-state index in [2.05, 4.69) is 16.6 Å². The first-order valence-corrected chi connectivity index (χ1v) is 5.03. The number of benzene rings is 1. The van der Waals surface area contributed by atoms with E-state index < -0.39 is 18.6 Å². The predicted molar refractivity (Wildman–Crippen MR) is 58.0 cm³/mol. The molecular weight excluding hydrogens is 250 g/mol. The molecule has 98 valence electrons. The van der Waals surface area contributed by atoms with Crippen molar-refractivity contribution in [2.75, 3.05) is 13.2 Å². The Morgan fingerprint density at radius 1 is 1.22 bits per heavy atom. The summed E-state index contributed by atoms with van der Waals surface area (Å²) < 4.78 is 53.1. The van der Waals surface area contributed by atoms with Crippen molar-refractivity contribution in [3.63, 3.8) is 0 Å². The van der Waals surface area contributed by atoms with Gasteiger partial charge in [-0.1, -0.05) is 11.8 Å². The molecule has 0 saturated heterocycles. The number of rotatable bonds is 3. The fourth-order valence-electron chi connectivity index (χ4n) is 1.24. The van der Waals surface area contributed by atoms with Gasteiger partial charge in [-0.25, -0.2) is 4.39 Å². The minimum atomic E-state index is -4.39. The van der Waals surface area contributed by atoms with Gasteiger partial charge in [0, 0.05) is 5.56 Å². The van der Waals surface area contributed by atoms with E-state index in [1.165, 1.54) is 12.1 Å². The molecule has 1 rings (SSSR count). The normalized spacial score (nSPS) is 10.9. The molecule has 0 aliphatic carbocycles. The molecule has 0 fully saturated rings. The first kappa shape index (κ1) is 14.5. The van der Waals surface area contributed by atoms with Gasteiger partial charge in [0.25, 0.3) is 0 Å². The van der Waals surface area contributed by atoms with Crippen LogP contribution in [0.2, 0.25) is 0 Å². The third-order valence-corrected chi connectivity index (χ3v) is 1.83. The largest absolute Gasteiger partial charge is 0.411 e. The highest BCUT2D eigenvalue weighted by molar-refractivity contribution is 5.37. The molecule has 2 nitrogen and oxygen atoms in total. The van der Waals surface area contributed by atoms with Gasteiger partial charge >= 0.3 is 6.18 Å². The van der Waals surface area contributed by atoms with E-state index in [1.807, 2.05) is 0 Å². The lowest BCUT2D eigenvalue weighted by atomic mass is 10.1. The number of ether oxygens (including phenoxy) is 1. The summed E-state index contributed by atoms with van der Waals surface area (Å²) in [5.41, 5.74) is 5.81. The second-order valence-electron chi connectivity index (χ2n) is 3.46. The molecule has 0 amide bonds. The van der Waals surface area contributed by atoms with Crippen molar-refractivity contribution in [3.8, 4) is 11.8 Å². The fourth-order valence-corrected chi connectivity index (χ4v) is 1.24. The molecule has 2 N–H and O–H groups in total. The highest BCUT2D eigenvalue weighted by Gasteiger charge is 2.27. The van der Waals surface area contributed by atoms with Crippen LogP contribution in [0.3, 0.4) is 0 Å². The number of hydrogen-bond acceptors (Lipinski definition) is 2. The molecule has 0 aliphatic rings. The van der Waals surface area contributed by atoms with Crippen molar-refractivity contribution in [1.29, 1.82) is 0 Å². The zero-order valence-corrected chi connectivity index (χ0v) is 9.35. The molecule has 0 aliphatic heterocycles. The standard InChI is InChI=1S/C12H11F4NO/c13-11-5-9(2-1-3-17)4-10(6-11)7-18-8-12(14,15)16/h4-6H,3,7-8,17H2. The highest BCUT2D eigenvalue weighted by atomic mass is 19.4. The second kappa shape index (κ2) is 6.38. The van der Waals surface area contributed by atoms with Crippen LogP contribution in [-0.2, 0) is 11.3 Å². The summed E-state index contributed by atoms with van der Waals surface area (Å²) in [5, 5.41) is 0. The lowest BCUT2D eigenvalue weighted by Crippen LogP contribution is -2.16. The SMILES string of the molecule is NCC#Cc1cc(F)cc(COCC(F)(F)F)c1. The van der Waals surface area contributed by atoms with E-state index in [-0.39, 0.29) is 13.2 Å². The molecule has 1 aromatic carbocycles. The Kier molecular flexibility index (Phi) is 5.13. The summed E-state index contributed by atoms with van der Waals surface area (Å²) >= 11 is 0. The lowest BCUT2D eigenvalue weighted by Gasteiger charge is -2.08. The van der Waals surface area contributed by atoms with Gasteiger partial charge < -0.3 is 10.5 Å². The lowest BCUT2D eigenvalue weighted by molar-refractivity contribution is -0.176. The first-order valence-electron chi connectivity index (χ1n) is 5.03. The van der Waals surface area contributed by atoms with Crippen LogP contribution in [0.4, 0.5) is 17.6 Å². The molecule has 0 aromatic heterocycles. The number of halogens is 4. The zero-order valence-electron chi connectivity index (χ0n) is 9.35. The molecule has 0 spiro atoms. The monoisotopic (exact) mass is 261 g/mol. The van der Waals surface area contributed by atoms with Crippen LogP contribution in [-0.4, -0.2) is 19.3 Å². The molecule has 0 unspecified atom stereocenters. The van der Waals surface area contributed by atoms with Gasteiger partial charge in [-0.05, 0) is 23.8 Å². The van der Waals surface area contributed by atoms with Gasteiger partial charge in [0.2, 0.25) is 0 Å². The van der Waals surface area contributed by atoms with Crippen molar-refractivity contribution in [2.24, 2.45) is 5.73 Å². The van der Waals surface area contributed by atoms with Crippen LogP contribution in [0, 0.1) is 17.7 Å². The summed E-state index contributed by atoms with van der Waals surface area (Å²) in [4.78, 5) is 0. The van der Waals surface area contributed by atoms with Gasteiger partial charge in [-0.15, -0.1) is 0 Å². The Morgan fingerprint density at radius 3 is 2.56 bits per heavy atom. The quantitative estimate of drug-likeness (QED) is 0.669. The van der Waals surface area contributed by atoms with Gasteiger partial charge in [-0.3, -0.25) is 0 Å². The van der Waals surface area contributed by atoms with E-state index in [0.717, 1.165) is 6.07 Å². The molecule has 6 heteroatoms. The van der Waals surface area contributed by atoms with Crippen molar-refractivity contribution >= 4 is 0 Å². The average molecular weight is 261 g/mol. The van der Waals surface area contributed by atoms with Crippen LogP contribution in [0.25, 0.3) is 0 Å². The van der Waals surface area contributed by atoms with E-state index in [1.54, 1.807) is 0 Å². The van der Waals surface area contributed by atoms with E-state index in [4.69, 9.17) is 5.73 Å². The van der Waals surface area contributed by atoms with Gasteiger partial charge in [0.15, 0.2) is 0 Å². The maximum absolute atomic E-state index is 13.1. The number of hydrogen-bond donors (Lipinski definition) is 1. The van der Waals surface area contributed by atoms with Gasteiger partial charge in [-0.2, -0.15) is 13.2 Å². The van der Waals surface area contributed by atoms with Gasteiger partial charge in [0.1, 0.15) is 12.4 Å². The Balaban J connectivity index is 2.68. The fraction of sp³-hybridized carbons (Fsp3) is 0.333. The third kappa shape index (κ3) is 5.66. The van der Waals surface area contributed by atoms with Crippen LogP contribution >= 0.6 is 0 Å². The van der Waals surface area contributed by atoms with Crippen molar-refractivity contribution in [2.45, 2.75) is 12.8 Å². The molecule has 0 saturated carbocycles. The van der Waals surface area contributed by atoms with E-state index >= 15 is 0 Å². The number of nitrogens with two attached hydrogens (primary N) is 1. The maximum Gasteiger partial charge on any atom is 0.411 e. The third-order valence-electron chi connectivity index (χ3n) is 1.83. The summed E-state index contributed by atoms with van der Waals surface area (Å²) in [6, 6.07) is 3.74. The minimum absolute atomic E-state index is 0.121. The molecule has 1 aromatic rings. The minimum Gasteiger partial charge on any atom is -0.367 e. The molecule has 18 heavy (non-hydrogen) atoms. The van der Waals surface area contributed by atoms with Crippen LogP contribution in [0.15, 0.2) is 18.2 Å². The number of alkyl halides is 3. The van der Waals surface area contributed by atoms with Crippen LogP contribution in [0.1, 0.15) is 11.1 Å². The Morgan fingerprint density at radius 2 is 1.94 bits per heavy atom. The first-order chi connectivity index (χ1) is 8.40. The summed E-state index contributed by atoms with van der Waals surface area (Å²) in [5.74, 6) is 4.55. The summed E-state index contributed by atoms with van der Waals surface area (Å²) in [6.07, 6.45) is -4.39. The molecule has 0 atom stereocenters. The summed E-state index contributed by atoms with van der Waals surface area (Å²) in [7, 11) is 0. The van der Waals surface area contributed by atoms with Crippen molar-refractivity contribution < 1.29 is 22.3 Å². The van der Waals surface area contributed by atoms with E-state index in [9.17, 15) is 17.6 Å². The van der Waals surface area contributed by atoms with Crippen LogP contribution < -0.4 is 5.73 Å². The van der Waals surface area contributed by atoms with Gasteiger partial charge in [0.05, 0.1) is 13.2 Å². The molecule has 0 radical (unpaired) electrons. The topological polar surface area (TPSA) is 35.2 Å². The van der Waals surface area contributed by atoms with E-state index in [0.29, 0.717) is 11.1 Å². The second-order valence-corrected chi connectivity index (χ2v) is 3.46. The molecule has 0 bridgehead atoms. The van der Waals surface area contributed by atoms with Crippen molar-refractivity contribution in [1.82, 2.24) is 0 Å². The Hall–Kier alpha value is -1.58. The molecule has 0 heterocycles. The summed E-state index contributed by atoms with van der Waals surface area (Å²) in [6.45, 7) is -1.57. The average Bonchev–Trinajstić information content (AvgIpc) is 2.24. The molecular formula is C12H11F4NO.